The van der Waals surface area contributed by atoms with E-state index in [4.69, 9.17) is 11.6 Å². The number of rotatable bonds is 6. The lowest BCUT2D eigenvalue weighted by Crippen LogP contribution is -2.35. The van der Waals surface area contributed by atoms with Gasteiger partial charge in [-0.25, -0.2) is 5.01 Å². The molecule has 0 unspecified atom stereocenters. The second-order valence-electron chi connectivity index (χ2n) is 6.08. The number of hydrogen-bond acceptors (Lipinski definition) is 3. The first kappa shape index (κ1) is 18.1. The fourth-order valence-corrected chi connectivity index (χ4v) is 2.84. The molecule has 0 radical (unpaired) electrons. The van der Waals surface area contributed by atoms with Crippen LogP contribution in [0.3, 0.4) is 0 Å². The lowest BCUT2D eigenvalue weighted by atomic mass is 10.0. The highest BCUT2D eigenvalue weighted by Gasteiger charge is 2.21. The first-order chi connectivity index (χ1) is 12.6. The highest BCUT2D eigenvalue weighted by molar-refractivity contribution is 6.30. The van der Waals surface area contributed by atoms with Crippen molar-refractivity contribution in [3.8, 4) is 0 Å². The number of nitrogens with zero attached hydrogens (tertiary/aromatic N) is 2. The molecule has 0 saturated heterocycles. The SMILES string of the molecule is O=C(CCN1N=C(c2ccccc2)CCC1=O)NCc1ccc(Cl)cc1. The number of carbonyl (C=O) groups is 2. The predicted molar refractivity (Wildman–Crippen MR) is 102 cm³/mol. The van der Waals surface area contributed by atoms with Gasteiger partial charge in [-0.1, -0.05) is 54.1 Å². The van der Waals surface area contributed by atoms with Crippen LogP contribution in [0.15, 0.2) is 59.7 Å². The van der Waals surface area contributed by atoms with Crippen molar-refractivity contribution < 1.29 is 9.59 Å². The number of benzene rings is 2. The Morgan fingerprint density at radius 3 is 2.54 bits per heavy atom. The number of amides is 2. The fraction of sp³-hybridized carbons (Fsp3) is 0.250. The van der Waals surface area contributed by atoms with Gasteiger partial charge in [0.2, 0.25) is 11.8 Å². The van der Waals surface area contributed by atoms with E-state index in [0.717, 1.165) is 16.8 Å². The molecular weight excluding hydrogens is 350 g/mol. The van der Waals surface area contributed by atoms with E-state index in [1.165, 1.54) is 5.01 Å². The summed E-state index contributed by atoms with van der Waals surface area (Å²) in [7, 11) is 0. The molecule has 0 fully saturated rings. The molecule has 134 valence electrons. The summed E-state index contributed by atoms with van der Waals surface area (Å²) in [6.07, 6.45) is 1.26. The largest absolute Gasteiger partial charge is 0.352 e. The number of nitrogens with one attached hydrogen (secondary N) is 1. The maximum atomic E-state index is 12.1. The summed E-state index contributed by atoms with van der Waals surface area (Å²) in [5.74, 6) is -0.162. The minimum absolute atomic E-state index is 0.0461. The van der Waals surface area contributed by atoms with Crippen LogP contribution in [0, 0.1) is 0 Å². The summed E-state index contributed by atoms with van der Waals surface area (Å²) in [5.41, 5.74) is 2.87. The van der Waals surface area contributed by atoms with Gasteiger partial charge >= 0.3 is 0 Å². The minimum Gasteiger partial charge on any atom is -0.352 e. The van der Waals surface area contributed by atoms with Gasteiger partial charge < -0.3 is 5.32 Å². The monoisotopic (exact) mass is 369 g/mol. The summed E-state index contributed by atoms with van der Waals surface area (Å²) in [6, 6.07) is 17.1. The highest BCUT2D eigenvalue weighted by atomic mass is 35.5. The van der Waals surface area contributed by atoms with Gasteiger partial charge in [0.15, 0.2) is 0 Å². The molecule has 1 aliphatic rings. The molecule has 0 aliphatic carbocycles. The van der Waals surface area contributed by atoms with E-state index in [-0.39, 0.29) is 24.8 Å². The molecule has 2 aromatic carbocycles. The Bertz CT molecular complexity index is 804. The Morgan fingerprint density at radius 1 is 1.08 bits per heavy atom. The van der Waals surface area contributed by atoms with Crippen molar-refractivity contribution in [2.75, 3.05) is 6.54 Å². The Kier molecular flexibility index (Phi) is 6.02. The lowest BCUT2D eigenvalue weighted by Gasteiger charge is -2.23. The van der Waals surface area contributed by atoms with Crippen molar-refractivity contribution >= 4 is 29.1 Å². The van der Waals surface area contributed by atoms with E-state index in [1.807, 2.05) is 42.5 Å². The number of halogens is 1. The summed E-state index contributed by atoms with van der Waals surface area (Å²) < 4.78 is 0. The average Bonchev–Trinajstić information content (AvgIpc) is 2.67. The van der Waals surface area contributed by atoms with Gasteiger partial charge in [-0.3, -0.25) is 9.59 Å². The van der Waals surface area contributed by atoms with Crippen molar-refractivity contribution in [3.05, 3.63) is 70.7 Å². The average molecular weight is 370 g/mol. The molecule has 1 aliphatic heterocycles. The zero-order valence-electron chi connectivity index (χ0n) is 14.3. The van der Waals surface area contributed by atoms with E-state index in [0.29, 0.717) is 24.4 Å². The van der Waals surface area contributed by atoms with Crippen LogP contribution in [0.4, 0.5) is 0 Å². The van der Waals surface area contributed by atoms with Gasteiger partial charge in [0.25, 0.3) is 0 Å². The molecule has 2 aromatic rings. The maximum absolute atomic E-state index is 12.1. The topological polar surface area (TPSA) is 61.8 Å². The summed E-state index contributed by atoms with van der Waals surface area (Å²) in [5, 5.41) is 9.36. The van der Waals surface area contributed by atoms with Crippen molar-refractivity contribution in [2.24, 2.45) is 5.10 Å². The zero-order chi connectivity index (χ0) is 18.4. The van der Waals surface area contributed by atoms with E-state index in [2.05, 4.69) is 10.4 Å². The molecule has 0 spiro atoms. The zero-order valence-corrected chi connectivity index (χ0v) is 15.1. The third-order valence-electron chi connectivity index (χ3n) is 4.17. The van der Waals surface area contributed by atoms with Crippen LogP contribution < -0.4 is 5.32 Å². The second kappa shape index (κ2) is 8.63. The maximum Gasteiger partial charge on any atom is 0.243 e. The molecule has 1 N–H and O–H groups in total. The van der Waals surface area contributed by atoms with Gasteiger partial charge in [0, 0.05) is 30.8 Å². The van der Waals surface area contributed by atoms with E-state index < -0.39 is 0 Å². The lowest BCUT2D eigenvalue weighted by molar-refractivity contribution is -0.132. The second-order valence-corrected chi connectivity index (χ2v) is 6.52. The standard InChI is InChI=1S/C20H20ClN3O2/c21-17-8-6-15(7-9-17)14-22-19(25)12-13-24-20(26)11-10-18(23-24)16-4-2-1-3-5-16/h1-9H,10-14H2,(H,22,25). The van der Waals surface area contributed by atoms with Crippen molar-refractivity contribution in [3.63, 3.8) is 0 Å². The predicted octanol–water partition coefficient (Wildman–Crippen LogP) is 3.37. The number of carbonyl (C=O) groups excluding carboxylic acids is 2. The van der Waals surface area contributed by atoms with Crippen molar-refractivity contribution in [1.82, 2.24) is 10.3 Å². The molecule has 1 heterocycles. The molecule has 0 bridgehead atoms. The van der Waals surface area contributed by atoms with E-state index in [1.54, 1.807) is 12.1 Å². The molecular formula is C20H20ClN3O2. The Hall–Kier alpha value is -2.66. The Balaban J connectivity index is 1.53. The molecule has 0 atom stereocenters. The molecule has 26 heavy (non-hydrogen) atoms. The fourth-order valence-electron chi connectivity index (χ4n) is 2.71. The van der Waals surface area contributed by atoms with E-state index in [9.17, 15) is 9.59 Å². The first-order valence-electron chi connectivity index (χ1n) is 8.56. The third kappa shape index (κ3) is 4.92. The normalized spacial score (nSPS) is 14.1. The van der Waals surface area contributed by atoms with Gasteiger partial charge in [-0.15, -0.1) is 0 Å². The molecule has 6 heteroatoms. The van der Waals surface area contributed by atoms with Gasteiger partial charge in [-0.05, 0) is 23.3 Å². The van der Waals surface area contributed by atoms with Crippen LogP contribution in [0.25, 0.3) is 0 Å². The van der Waals surface area contributed by atoms with Crippen LogP contribution >= 0.6 is 11.6 Å². The third-order valence-corrected chi connectivity index (χ3v) is 4.42. The van der Waals surface area contributed by atoms with Crippen molar-refractivity contribution in [2.45, 2.75) is 25.8 Å². The number of hydrogen-bond donors (Lipinski definition) is 1. The number of hydrazone groups is 1. The summed E-state index contributed by atoms with van der Waals surface area (Å²) in [4.78, 5) is 24.1. The van der Waals surface area contributed by atoms with Crippen molar-refractivity contribution in [1.29, 1.82) is 0 Å². The smallest absolute Gasteiger partial charge is 0.243 e. The Morgan fingerprint density at radius 2 is 1.81 bits per heavy atom. The van der Waals surface area contributed by atoms with E-state index >= 15 is 0 Å². The Labute approximate surface area is 157 Å². The molecule has 2 amide bonds. The van der Waals surface area contributed by atoms with Gasteiger partial charge in [0.1, 0.15) is 0 Å². The van der Waals surface area contributed by atoms with Crippen LogP contribution in [-0.4, -0.2) is 29.1 Å². The van der Waals surface area contributed by atoms with Crippen LogP contribution in [-0.2, 0) is 16.1 Å². The highest BCUT2D eigenvalue weighted by Crippen LogP contribution is 2.15. The van der Waals surface area contributed by atoms with Crippen LogP contribution in [0.2, 0.25) is 5.02 Å². The summed E-state index contributed by atoms with van der Waals surface area (Å²) >= 11 is 5.84. The minimum atomic E-state index is -0.116. The van der Waals surface area contributed by atoms with Gasteiger partial charge in [-0.2, -0.15) is 5.10 Å². The van der Waals surface area contributed by atoms with Gasteiger partial charge in [0.05, 0.1) is 12.3 Å². The molecule has 3 rings (SSSR count). The quantitative estimate of drug-likeness (QED) is 0.848. The molecule has 0 saturated carbocycles. The molecule has 0 aromatic heterocycles. The summed E-state index contributed by atoms with van der Waals surface area (Å²) in [6.45, 7) is 0.712. The van der Waals surface area contributed by atoms with Crippen LogP contribution in [0.1, 0.15) is 30.4 Å². The van der Waals surface area contributed by atoms with Crippen LogP contribution in [0.5, 0.6) is 0 Å². The first-order valence-corrected chi connectivity index (χ1v) is 8.94. The molecule has 5 nitrogen and oxygen atoms in total.